The molecule has 1 unspecified atom stereocenters. The number of carbonyl (C=O) groups excluding carboxylic acids is 2. The Bertz CT molecular complexity index is 1560. The van der Waals surface area contributed by atoms with Gasteiger partial charge in [0.15, 0.2) is 11.2 Å². The van der Waals surface area contributed by atoms with Gasteiger partial charge in [0.05, 0.1) is 37.1 Å². The Morgan fingerprint density at radius 1 is 1.10 bits per heavy atom. The van der Waals surface area contributed by atoms with Gasteiger partial charge >= 0.3 is 17.7 Å². The molecule has 1 aliphatic heterocycles. The van der Waals surface area contributed by atoms with Crippen molar-refractivity contribution in [3.05, 3.63) is 67.5 Å². The summed E-state index contributed by atoms with van der Waals surface area (Å²) in [6.45, 7) is 4.42. The van der Waals surface area contributed by atoms with E-state index in [9.17, 15) is 19.2 Å². The van der Waals surface area contributed by atoms with Crippen molar-refractivity contribution >= 4 is 29.1 Å². The van der Waals surface area contributed by atoms with Crippen molar-refractivity contribution in [3.8, 4) is 0 Å². The predicted molar refractivity (Wildman–Crippen MR) is 144 cm³/mol. The van der Waals surface area contributed by atoms with Crippen LogP contribution in [0.1, 0.15) is 24.1 Å². The molecule has 3 heterocycles. The smallest absolute Gasteiger partial charge is 0.338 e. The Morgan fingerprint density at radius 2 is 1.79 bits per heavy atom. The van der Waals surface area contributed by atoms with Crippen LogP contribution in [-0.4, -0.2) is 69.5 Å². The lowest BCUT2D eigenvalue weighted by atomic mass is 9.94. The zero-order valence-electron chi connectivity index (χ0n) is 22.9. The highest BCUT2D eigenvalue weighted by atomic mass is 16.5. The number of aromatic nitrogens is 4. The highest BCUT2D eigenvalue weighted by Gasteiger charge is 2.37. The number of urea groups is 1. The summed E-state index contributed by atoms with van der Waals surface area (Å²) in [6, 6.07) is 6.27. The summed E-state index contributed by atoms with van der Waals surface area (Å²) in [5.41, 5.74) is 1.51. The van der Waals surface area contributed by atoms with Crippen molar-refractivity contribution in [1.29, 1.82) is 0 Å². The normalized spacial score (nSPS) is 15.6. The summed E-state index contributed by atoms with van der Waals surface area (Å²) in [6.07, 6.45) is 0. The number of rotatable bonds is 9. The van der Waals surface area contributed by atoms with Crippen molar-refractivity contribution in [1.82, 2.24) is 28.9 Å². The highest BCUT2D eigenvalue weighted by Crippen LogP contribution is 2.33. The number of allylic oxidation sites excluding steroid dienone is 1. The quantitative estimate of drug-likeness (QED) is 0.303. The predicted octanol–water partition coefficient (Wildman–Crippen LogP) is 1.01. The van der Waals surface area contributed by atoms with E-state index in [1.54, 1.807) is 25.6 Å². The van der Waals surface area contributed by atoms with Crippen LogP contribution in [0.2, 0.25) is 0 Å². The average molecular weight is 540 g/mol. The number of imidazole rings is 1. The molecule has 2 aromatic heterocycles. The number of aryl methyl sites for hydroxylation is 2. The maximum absolute atomic E-state index is 13.4. The van der Waals surface area contributed by atoms with Crippen molar-refractivity contribution in [2.75, 3.05) is 39.2 Å². The Labute approximate surface area is 224 Å². The number of amides is 2. The van der Waals surface area contributed by atoms with E-state index < -0.39 is 29.3 Å². The van der Waals surface area contributed by atoms with E-state index >= 15 is 0 Å². The number of hydrogen-bond donors (Lipinski definition) is 2. The molecule has 0 fully saturated rings. The number of anilines is 1. The minimum Gasteiger partial charge on any atom is -0.463 e. The lowest BCUT2D eigenvalue weighted by Gasteiger charge is -2.35. The average Bonchev–Trinajstić information content (AvgIpc) is 3.27. The highest BCUT2D eigenvalue weighted by molar-refractivity contribution is 5.95. The number of ether oxygens (including phenoxy) is 2. The fourth-order valence-corrected chi connectivity index (χ4v) is 4.56. The monoisotopic (exact) mass is 539 g/mol. The molecule has 4 rings (SSSR count). The SMILES string of the molecule is CCOC(=O)C1=C(Cn2c(NCCOC)nc3c2c(=O)n(C)c(=O)n3C)N(C)C(=O)NC1c1ccc(C)cc1. The molecule has 2 amide bonds. The van der Waals surface area contributed by atoms with Gasteiger partial charge in [0.2, 0.25) is 5.95 Å². The van der Waals surface area contributed by atoms with Gasteiger partial charge in [0.25, 0.3) is 5.56 Å². The standard InChI is InChI=1S/C26H33N7O6/c1-7-39-23(35)18-17(30(3)25(36)28-19(18)16-10-8-15(2)9-11-16)14-33-20-21(29-24(33)27-12-13-38-6)31(4)26(37)32(5)22(20)34/h8-11,19H,7,12-14H2,1-6H3,(H,27,29)(H,28,36). The van der Waals surface area contributed by atoms with Crippen molar-refractivity contribution < 1.29 is 19.1 Å². The van der Waals surface area contributed by atoms with Gasteiger partial charge in [-0.05, 0) is 19.4 Å². The van der Waals surface area contributed by atoms with Gasteiger partial charge in [0, 0.05) is 34.8 Å². The third kappa shape index (κ3) is 5.04. The lowest BCUT2D eigenvalue weighted by Crippen LogP contribution is -2.48. The minimum absolute atomic E-state index is 0.0836. The first-order chi connectivity index (χ1) is 18.6. The molecular weight excluding hydrogens is 506 g/mol. The maximum Gasteiger partial charge on any atom is 0.338 e. The topological polar surface area (TPSA) is 142 Å². The molecule has 1 aromatic carbocycles. The summed E-state index contributed by atoms with van der Waals surface area (Å²) >= 11 is 0. The number of nitrogens with one attached hydrogen (secondary N) is 2. The van der Waals surface area contributed by atoms with Crippen LogP contribution in [0.25, 0.3) is 11.2 Å². The summed E-state index contributed by atoms with van der Waals surface area (Å²) in [7, 11) is 6.01. The Hall–Kier alpha value is -4.39. The van der Waals surface area contributed by atoms with Crippen molar-refractivity contribution in [2.45, 2.75) is 26.4 Å². The first-order valence-electron chi connectivity index (χ1n) is 12.5. The van der Waals surface area contributed by atoms with Gasteiger partial charge < -0.3 is 20.1 Å². The number of likely N-dealkylation sites (N-methyl/N-ethyl adjacent to an activating group) is 1. The number of hydrogen-bond acceptors (Lipinski definition) is 8. The second-order valence-corrected chi connectivity index (χ2v) is 9.25. The van der Waals surface area contributed by atoms with Gasteiger partial charge in [-0.2, -0.15) is 4.98 Å². The van der Waals surface area contributed by atoms with E-state index in [1.165, 1.54) is 23.6 Å². The third-order valence-electron chi connectivity index (χ3n) is 6.73. The largest absolute Gasteiger partial charge is 0.463 e. The van der Waals surface area contributed by atoms with E-state index in [0.29, 0.717) is 24.4 Å². The summed E-state index contributed by atoms with van der Waals surface area (Å²) in [5.74, 6) is -0.314. The summed E-state index contributed by atoms with van der Waals surface area (Å²) in [5, 5.41) is 6.03. The molecule has 0 radical (unpaired) electrons. The number of fused-ring (bicyclic) bond motifs is 1. The Balaban J connectivity index is 1.98. The second kappa shape index (κ2) is 11.2. The number of benzene rings is 1. The Morgan fingerprint density at radius 3 is 2.44 bits per heavy atom. The molecule has 0 spiro atoms. The van der Waals surface area contributed by atoms with Crippen LogP contribution in [0.15, 0.2) is 45.1 Å². The van der Waals surface area contributed by atoms with E-state index in [1.807, 2.05) is 31.2 Å². The molecule has 1 aliphatic rings. The van der Waals surface area contributed by atoms with Gasteiger partial charge in [-0.15, -0.1) is 0 Å². The zero-order chi connectivity index (χ0) is 28.4. The molecule has 208 valence electrons. The van der Waals surface area contributed by atoms with Crippen LogP contribution in [0.5, 0.6) is 0 Å². The molecule has 2 N–H and O–H groups in total. The summed E-state index contributed by atoms with van der Waals surface area (Å²) < 4.78 is 14.4. The van der Waals surface area contributed by atoms with E-state index in [2.05, 4.69) is 15.6 Å². The molecule has 1 atom stereocenters. The molecule has 13 nitrogen and oxygen atoms in total. The number of carbonyl (C=O) groups is 2. The first kappa shape index (κ1) is 27.6. The molecule has 0 saturated heterocycles. The van der Waals surface area contributed by atoms with Gasteiger partial charge in [-0.25, -0.2) is 14.4 Å². The molecule has 3 aromatic rings. The van der Waals surface area contributed by atoms with Gasteiger partial charge in [0.1, 0.15) is 0 Å². The molecule has 0 saturated carbocycles. The van der Waals surface area contributed by atoms with Crippen molar-refractivity contribution in [3.63, 3.8) is 0 Å². The van der Waals surface area contributed by atoms with Gasteiger partial charge in [-0.1, -0.05) is 29.8 Å². The fourth-order valence-electron chi connectivity index (χ4n) is 4.56. The fraction of sp³-hybridized carbons (Fsp3) is 0.423. The number of methoxy groups -OCH3 is 1. The third-order valence-corrected chi connectivity index (χ3v) is 6.73. The van der Waals surface area contributed by atoms with Crippen LogP contribution >= 0.6 is 0 Å². The second-order valence-electron chi connectivity index (χ2n) is 9.25. The summed E-state index contributed by atoms with van der Waals surface area (Å²) in [4.78, 5) is 58.3. The number of esters is 1. The maximum atomic E-state index is 13.4. The van der Waals surface area contributed by atoms with Crippen LogP contribution in [0.3, 0.4) is 0 Å². The van der Waals surface area contributed by atoms with Crippen LogP contribution in [0, 0.1) is 6.92 Å². The zero-order valence-corrected chi connectivity index (χ0v) is 22.9. The van der Waals surface area contributed by atoms with E-state index in [4.69, 9.17) is 9.47 Å². The molecular formula is C26H33N7O6. The number of nitrogens with zero attached hydrogens (tertiary/aromatic N) is 5. The first-order valence-corrected chi connectivity index (χ1v) is 12.5. The molecule has 0 bridgehead atoms. The Kier molecular flexibility index (Phi) is 7.90. The van der Waals surface area contributed by atoms with E-state index in [0.717, 1.165) is 10.1 Å². The molecule has 13 heteroatoms. The minimum atomic E-state index is -0.782. The van der Waals surface area contributed by atoms with Crippen molar-refractivity contribution in [2.24, 2.45) is 14.1 Å². The van der Waals surface area contributed by atoms with Crippen LogP contribution in [0.4, 0.5) is 10.7 Å². The van der Waals surface area contributed by atoms with Gasteiger partial charge in [-0.3, -0.25) is 23.4 Å². The lowest BCUT2D eigenvalue weighted by molar-refractivity contribution is -0.139. The van der Waals surface area contributed by atoms with Crippen LogP contribution < -0.4 is 21.9 Å². The van der Waals surface area contributed by atoms with Crippen LogP contribution in [-0.2, 0) is 34.9 Å². The molecule has 0 aliphatic carbocycles. The molecule has 39 heavy (non-hydrogen) atoms. The van der Waals surface area contributed by atoms with E-state index in [-0.39, 0.29) is 35.8 Å².